The normalized spacial score (nSPS) is 10.9. The zero-order valence-corrected chi connectivity index (χ0v) is 18.1. The smallest absolute Gasteiger partial charge is 0.163 e. The lowest BCUT2D eigenvalue weighted by Gasteiger charge is -2.14. The van der Waals surface area contributed by atoms with Crippen LogP contribution in [-0.2, 0) is 19.4 Å². The number of aryl methyl sites for hydroxylation is 1. The number of benzene rings is 1. The molecule has 1 aromatic carbocycles. The van der Waals surface area contributed by atoms with Gasteiger partial charge in [-0.25, -0.2) is 4.68 Å². The summed E-state index contributed by atoms with van der Waals surface area (Å²) in [4.78, 5) is 15.8. The number of Topliss-reactive ketones (excluding diaryl/α,β-unsaturated/α-hetero) is 1. The number of phenols is 1. The molecule has 0 amide bonds. The van der Waals surface area contributed by atoms with Crippen molar-refractivity contribution in [3.63, 3.8) is 0 Å². The number of pyridine rings is 1. The molecule has 8 nitrogen and oxygen atoms in total. The van der Waals surface area contributed by atoms with Gasteiger partial charge in [0.25, 0.3) is 0 Å². The number of hydrogen-bond donors (Lipinski definition) is 1. The Morgan fingerprint density at radius 2 is 2.03 bits per heavy atom. The lowest BCUT2D eigenvalue weighted by atomic mass is 10.0. The maximum atomic E-state index is 11.7. The fraction of sp³-hybridized carbons (Fsp3) is 0.435. The fourth-order valence-corrected chi connectivity index (χ4v) is 3.46. The maximum absolute atomic E-state index is 11.7. The standard InChI is InChI=1S/C23H29N5O3/c1-3-8-20-21(12-11-19(17(2)29)23(20)30)31-14-6-4-5-10-22-25-26-27-28(22)16-18-9-7-13-24-15-18/h7,9,11-13,15,30H,3-6,8,10,14,16H2,1-2H3. The molecule has 3 aromatic rings. The summed E-state index contributed by atoms with van der Waals surface area (Å²) >= 11 is 0. The van der Waals surface area contributed by atoms with Gasteiger partial charge < -0.3 is 9.84 Å². The third-order valence-corrected chi connectivity index (χ3v) is 5.08. The van der Waals surface area contributed by atoms with Crippen molar-refractivity contribution < 1.29 is 14.6 Å². The predicted molar refractivity (Wildman–Crippen MR) is 116 cm³/mol. The van der Waals surface area contributed by atoms with E-state index < -0.39 is 0 Å². The molecule has 164 valence electrons. The van der Waals surface area contributed by atoms with Crippen LogP contribution in [0.15, 0.2) is 36.7 Å². The molecule has 0 saturated carbocycles. The van der Waals surface area contributed by atoms with Crippen LogP contribution in [0.25, 0.3) is 0 Å². The molecule has 1 N–H and O–H groups in total. The van der Waals surface area contributed by atoms with Crippen molar-refractivity contribution in [3.05, 3.63) is 59.2 Å². The Hall–Kier alpha value is -3.29. The Morgan fingerprint density at radius 1 is 1.16 bits per heavy atom. The van der Waals surface area contributed by atoms with Gasteiger partial charge in [0.1, 0.15) is 11.5 Å². The van der Waals surface area contributed by atoms with E-state index >= 15 is 0 Å². The Balaban J connectivity index is 1.46. The predicted octanol–water partition coefficient (Wildman–Crippen LogP) is 3.77. The minimum absolute atomic E-state index is 0.0484. The third-order valence-electron chi connectivity index (χ3n) is 5.08. The van der Waals surface area contributed by atoms with Crippen LogP contribution in [0.3, 0.4) is 0 Å². The Morgan fingerprint density at radius 3 is 2.77 bits per heavy atom. The van der Waals surface area contributed by atoms with Crippen molar-refractivity contribution in [2.24, 2.45) is 0 Å². The van der Waals surface area contributed by atoms with E-state index in [1.807, 2.05) is 29.9 Å². The van der Waals surface area contributed by atoms with E-state index in [1.165, 1.54) is 6.92 Å². The highest BCUT2D eigenvalue weighted by Crippen LogP contribution is 2.33. The minimum Gasteiger partial charge on any atom is -0.507 e. The molecule has 0 spiro atoms. The van der Waals surface area contributed by atoms with Crippen molar-refractivity contribution in [2.45, 2.75) is 58.9 Å². The highest BCUT2D eigenvalue weighted by Gasteiger charge is 2.15. The molecule has 0 aliphatic carbocycles. The minimum atomic E-state index is -0.146. The van der Waals surface area contributed by atoms with Gasteiger partial charge in [0, 0.05) is 24.4 Å². The number of carbonyl (C=O) groups excluding carboxylic acids is 1. The molecule has 0 saturated heterocycles. The van der Waals surface area contributed by atoms with E-state index in [0.717, 1.165) is 43.5 Å². The first kappa shape index (κ1) is 22.4. The molecule has 0 radical (unpaired) electrons. The highest BCUT2D eigenvalue weighted by atomic mass is 16.5. The number of phenolic OH excluding ortho intramolecular Hbond substituents is 1. The number of nitrogens with zero attached hydrogens (tertiary/aromatic N) is 5. The molecule has 0 fully saturated rings. The van der Waals surface area contributed by atoms with Gasteiger partial charge in [-0.15, -0.1) is 5.10 Å². The summed E-state index contributed by atoms with van der Waals surface area (Å²) in [7, 11) is 0. The summed E-state index contributed by atoms with van der Waals surface area (Å²) in [6, 6.07) is 7.32. The second-order valence-corrected chi connectivity index (χ2v) is 7.52. The summed E-state index contributed by atoms with van der Waals surface area (Å²) in [5, 5.41) is 22.4. The van der Waals surface area contributed by atoms with Crippen molar-refractivity contribution in [2.75, 3.05) is 6.61 Å². The largest absolute Gasteiger partial charge is 0.507 e. The van der Waals surface area contributed by atoms with Gasteiger partial charge in [0.2, 0.25) is 0 Å². The monoisotopic (exact) mass is 423 g/mol. The zero-order valence-electron chi connectivity index (χ0n) is 18.1. The molecule has 0 bridgehead atoms. The van der Waals surface area contributed by atoms with Crippen molar-refractivity contribution in [1.82, 2.24) is 25.2 Å². The van der Waals surface area contributed by atoms with Gasteiger partial charge >= 0.3 is 0 Å². The number of tetrazole rings is 1. The average Bonchev–Trinajstić information content (AvgIpc) is 3.20. The van der Waals surface area contributed by atoms with E-state index in [-0.39, 0.29) is 11.5 Å². The molecule has 0 aliphatic heterocycles. The second-order valence-electron chi connectivity index (χ2n) is 7.52. The number of hydrogen-bond acceptors (Lipinski definition) is 7. The van der Waals surface area contributed by atoms with Gasteiger partial charge in [-0.05, 0) is 66.8 Å². The second kappa shape index (κ2) is 11.2. The molecular weight excluding hydrogens is 394 g/mol. The molecule has 0 aliphatic rings. The Labute approximate surface area is 182 Å². The molecule has 0 unspecified atom stereocenters. The van der Waals surface area contributed by atoms with Crippen LogP contribution >= 0.6 is 0 Å². The van der Waals surface area contributed by atoms with Gasteiger partial charge in [-0.2, -0.15) is 0 Å². The van der Waals surface area contributed by atoms with Crippen molar-refractivity contribution in [3.8, 4) is 11.5 Å². The summed E-state index contributed by atoms with van der Waals surface area (Å²) in [5.41, 5.74) is 2.12. The SMILES string of the molecule is CCCc1c(OCCCCCc2nnnn2Cc2cccnc2)ccc(C(C)=O)c1O. The van der Waals surface area contributed by atoms with E-state index in [4.69, 9.17) is 4.74 Å². The quantitative estimate of drug-likeness (QED) is 0.349. The molecule has 2 heterocycles. The van der Waals surface area contributed by atoms with Crippen LogP contribution in [0.1, 0.15) is 66.8 Å². The number of ether oxygens (including phenoxy) is 1. The van der Waals surface area contributed by atoms with Crippen molar-refractivity contribution in [1.29, 1.82) is 0 Å². The topological polar surface area (TPSA) is 103 Å². The van der Waals surface area contributed by atoms with Crippen LogP contribution in [-0.4, -0.2) is 42.7 Å². The first-order chi connectivity index (χ1) is 15.1. The molecule has 0 atom stereocenters. The fourth-order valence-electron chi connectivity index (χ4n) is 3.46. The summed E-state index contributed by atoms with van der Waals surface area (Å²) < 4.78 is 7.73. The van der Waals surface area contributed by atoms with E-state index in [2.05, 4.69) is 20.5 Å². The van der Waals surface area contributed by atoms with E-state index in [9.17, 15) is 9.90 Å². The third kappa shape index (κ3) is 6.10. The van der Waals surface area contributed by atoms with Crippen LogP contribution in [0.2, 0.25) is 0 Å². The van der Waals surface area contributed by atoms with Gasteiger partial charge in [0.05, 0.1) is 18.7 Å². The van der Waals surface area contributed by atoms with Crippen LogP contribution in [0, 0.1) is 0 Å². The van der Waals surface area contributed by atoms with Crippen LogP contribution in [0.5, 0.6) is 11.5 Å². The Bertz CT molecular complexity index is 988. The lowest BCUT2D eigenvalue weighted by Crippen LogP contribution is -2.08. The Kier molecular flexibility index (Phi) is 8.09. The molecular formula is C23H29N5O3. The number of rotatable bonds is 12. The number of aromatic hydroxyl groups is 1. The number of aromatic nitrogens is 5. The first-order valence-electron chi connectivity index (χ1n) is 10.7. The molecule has 3 rings (SSSR count). The van der Waals surface area contributed by atoms with Crippen LogP contribution in [0.4, 0.5) is 0 Å². The molecule has 8 heteroatoms. The molecule has 31 heavy (non-hydrogen) atoms. The highest BCUT2D eigenvalue weighted by molar-refractivity contribution is 5.97. The number of carbonyl (C=O) groups is 1. The van der Waals surface area contributed by atoms with Crippen LogP contribution < -0.4 is 4.74 Å². The van der Waals surface area contributed by atoms with Crippen molar-refractivity contribution >= 4 is 5.78 Å². The summed E-state index contributed by atoms with van der Waals surface area (Å²) in [6.07, 6.45) is 8.69. The number of unbranched alkanes of at least 4 members (excludes halogenated alkanes) is 2. The van der Waals surface area contributed by atoms with E-state index in [0.29, 0.717) is 36.4 Å². The summed E-state index contributed by atoms with van der Waals surface area (Å²) in [5.74, 6) is 1.42. The number of ketones is 1. The zero-order chi connectivity index (χ0) is 22.1. The first-order valence-corrected chi connectivity index (χ1v) is 10.7. The summed E-state index contributed by atoms with van der Waals surface area (Å²) in [6.45, 7) is 4.65. The lowest BCUT2D eigenvalue weighted by molar-refractivity contribution is 0.101. The maximum Gasteiger partial charge on any atom is 0.163 e. The average molecular weight is 424 g/mol. The van der Waals surface area contributed by atoms with E-state index in [1.54, 1.807) is 18.3 Å². The van der Waals surface area contributed by atoms with Gasteiger partial charge in [-0.1, -0.05) is 19.4 Å². The van der Waals surface area contributed by atoms with Gasteiger partial charge in [-0.3, -0.25) is 9.78 Å². The van der Waals surface area contributed by atoms with Gasteiger partial charge in [0.15, 0.2) is 11.6 Å². The molecule has 2 aromatic heterocycles.